The zero-order chi connectivity index (χ0) is 17.9. The van der Waals surface area contributed by atoms with Gasteiger partial charge in [-0.25, -0.2) is 0 Å². The molecule has 3 rings (SSSR count). The molecule has 0 radical (unpaired) electrons. The molecule has 0 aliphatic heterocycles. The molecule has 134 valence electrons. The van der Waals surface area contributed by atoms with Crippen LogP contribution in [0.2, 0.25) is 0 Å². The summed E-state index contributed by atoms with van der Waals surface area (Å²) in [5, 5.41) is 15.8. The third kappa shape index (κ3) is 4.41. The molecule has 1 aromatic heterocycles. The Labute approximate surface area is 152 Å². The molecule has 1 atom stereocenters. The molecule has 1 aliphatic rings. The molecule has 1 aliphatic carbocycles. The van der Waals surface area contributed by atoms with Crippen LogP contribution in [0.1, 0.15) is 43.0 Å². The molecular formula is C20H25NO3S. The molecule has 0 saturated heterocycles. The highest BCUT2D eigenvalue weighted by molar-refractivity contribution is 7.10. The van der Waals surface area contributed by atoms with E-state index in [1.807, 2.05) is 41.8 Å². The molecule has 25 heavy (non-hydrogen) atoms. The van der Waals surface area contributed by atoms with E-state index in [-0.39, 0.29) is 25.0 Å². The highest BCUT2D eigenvalue weighted by Gasteiger charge is 2.45. The second-order valence-corrected chi connectivity index (χ2v) is 7.91. The Balaban J connectivity index is 1.50. The molecule has 0 bridgehead atoms. The zero-order valence-corrected chi connectivity index (χ0v) is 15.5. The van der Waals surface area contributed by atoms with Crippen LogP contribution < -0.4 is 10.1 Å². The fourth-order valence-corrected chi connectivity index (χ4v) is 3.80. The first kappa shape index (κ1) is 18.0. The fraction of sp³-hybridized carbons (Fsp3) is 0.450. The maximum Gasteiger partial charge on any atom is 0.258 e. The first-order valence-corrected chi connectivity index (χ1v) is 9.63. The van der Waals surface area contributed by atoms with Crippen LogP contribution in [0.5, 0.6) is 5.75 Å². The summed E-state index contributed by atoms with van der Waals surface area (Å²) in [5.74, 6) is 1.16. The quantitative estimate of drug-likeness (QED) is 0.756. The van der Waals surface area contributed by atoms with Crippen molar-refractivity contribution in [3.05, 3.63) is 52.2 Å². The Hall–Kier alpha value is -1.85. The van der Waals surface area contributed by atoms with Crippen LogP contribution in [0.4, 0.5) is 0 Å². The number of nitrogens with one attached hydrogen (secondary N) is 1. The molecule has 2 N–H and O–H groups in total. The molecule has 1 heterocycles. The highest BCUT2D eigenvalue weighted by Crippen LogP contribution is 2.46. The van der Waals surface area contributed by atoms with Crippen molar-refractivity contribution in [2.45, 2.75) is 38.2 Å². The van der Waals surface area contributed by atoms with Crippen LogP contribution in [-0.2, 0) is 10.4 Å². The van der Waals surface area contributed by atoms with Gasteiger partial charge in [0.05, 0.1) is 6.54 Å². The van der Waals surface area contributed by atoms with Crippen molar-refractivity contribution >= 4 is 17.2 Å². The van der Waals surface area contributed by atoms with Gasteiger partial charge in [0.2, 0.25) is 0 Å². The van der Waals surface area contributed by atoms with Crippen molar-refractivity contribution in [1.29, 1.82) is 0 Å². The van der Waals surface area contributed by atoms with Crippen molar-refractivity contribution in [3.8, 4) is 5.75 Å². The number of hydrogen-bond acceptors (Lipinski definition) is 4. The monoisotopic (exact) mass is 359 g/mol. The fourth-order valence-electron chi connectivity index (χ4n) is 2.90. The van der Waals surface area contributed by atoms with E-state index in [1.54, 1.807) is 0 Å². The lowest BCUT2D eigenvalue weighted by Crippen LogP contribution is -2.43. The number of aliphatic hydroxyl groups is 1. The second kappa shape index (κ2) is 7.58. The van der Waals surface area contributed by atoms with E-state index in [0.717, 1.165) is 17.7 Å². The number of benzene rings is 1. The average molecular weight is 359 g/mol. The van der Waals surface area contributed by atoms with Crippen LogP contribution in [0.25, 0.3) is 0 Å². The van der Waals surface area contributed by atoms with Crippen molar-refractivity contribution in [3.63, 3.8) is 0 Å². The van der Waals surface area contributed by atoms with Gasteiger partial charge in [0, 0.05) is 4.88 Å². The molecule has 1 saturated carbocycles. The molecule has 4 nitrogen and oxygen atoms in total. The predicted octanol–water partition coefficient (Wildman–Crippen LogP) is 3.66. The van der Waals surface area contributed by atoms with Gasteiger partial charge in [-0.2, -0.15) is 0 Å². The van der Waals surface area contributed by atoms with Gasteiger partial charge >= 0.3 is 0 Å². The normalized spacial score (nSPS) is 16.5. The summed E-state index contributed by atoms with van der Waals surface area (Å²) in [6.45, 7) is 4.45. The maximum absolute atomic E-state index is 12.1. The van der Waals surface area contributed by atoms with E-state index in [0.29, 0.717) is 11.7 Å². The number of carbonyl (C=O) groups excluding carboxylic acids is 1. The zero-order valence-electron chi connectivity index (χ0n) is 14.7. The molecule has 1 aromatic carbocycles. The van der Waals surface area contributed by atoms with Crippen molar-refractivity contribution in [1.82, 2.24) is 5.32 Å². The van der Waals surface area contributed by atoms with Crippen LogP contribution in [0.15, 0.2) is 41.8 Å². The Morgan fingerprint density at radius 3 is 2.60 bits per heavy atom. The first-order chi connectivity index (χ1) is 12.0. The summed E-state index contributed by atoms with van der Waals surface area (Å²) in [6, 6.07) is 11.7. The predicted molar refractivity (Wildman–Crippen MR) is 100.0 cm³/mol. The third-order valence-electron chi connectivity index (χ3n) is 4.67. The number of rotatable bonds is 8. The van der Waals surface area contributed by atoms with Crippen molar-refractivity contribution in [2.75, 3.05) is 13.2 Å². The molecule has 0 spiro atoms. The summed E-state index contributed by atoms with van der Waals surface area (Å²) < 4.78 is 5.54. The minimum Gasteiger partial charge on any atom is -0.484 e. The number of amides is 1. The summed E-state index contributed by atoms with van der Waals surface area (Å²) in [4.78, 5) is 13.0. The molecule has 1 fully saturated rings. The Bertz CT molecular complexity index is 692. The lowest BCUT2D eigenvalue weighted by molar-refractivity contribution is -0.124. The summed E-state index contributed by atoms with van der Waals surface area (Å²) in [5.41, 5.74) is 0.283. The van der Waals surface area contributed by atoms with Crippen LogP contribution in [0, 0.1) is 5.92 Å². The van der Waals surface area contributed by atoms with Crippen LogP contribution in [-0.4, -0.2) is 24.2 Å². The maximum atomic E-state index is 12.1. The topological polar surface area (TPSA) is 58.6 Å². The molecule has 5 heteroatoms. The van der Waals surface area contributed by atoms with Gasteiger partial charge in [-0.15, -0.1) is 11.3 Å². The smallest absolute Gasteiger partial charge is 0.258 e. The standard InChI is InChI=1S/C20H25NO3S/c1-14(2)15-5-9-17(10-6-15)24-12-19(22)21-13-20(23,16-7-8-16)18-4-3-11-25-18/h3-6,9-11,14,16,23H,7-8,12-13H2,1-2H3,(H,21,22). The lowest BCUT2D eigenvalue weighted by atomic mass is 9.95. The van der Waals surface area contributed by atoms with Gasteiger partial charge in [-0.05, 0) is 53.8 Å². The number of hydrogen-bond donors (Lipinski definition) is 2. The van der Waals surface area contributed by atoms with E-state index in [9.17, 15) is 9.90 Å². The van der Waals surface area contributed by atoms with Gasteiger partial charge in [-0.1, -0.05) is 32.0 Å². The minimum atomic E-state index is -0.956. The van der Waals surface area contributed by atoms with Gasteiger partial charge < -0.3 is 15.2 Å². The summed E-state index contributed by atoms with van der Waals surface area (Å²) in [7, 11) is 0. The number of thiophene rings is 1. The van der Waals surface area contributed by atoms with Gasteiger partial charge in [0.1, 0.15) is 11.4 Å². The van der Waals surface area contributed by atoms with E-state index >= 15 is 0 Å². The van der Waals surface area contributed by atoms with Gasteiger partial charge in [0.25, 0.3) is 5.91 Å². The van der Waals surface area contributed by atoms with E-state index < -0.39 is 5.60 Å². The summed E-state index contributed by atoms with van der Waals surface area (Å²) in [6.07, 6.45) is 2.01. The highest BCUT2D eigenvalue weighted by atomic mass is 32.1. The second-order valence-electron chi connectivity index (χ2n) is 6.96. The Morgan fingerprint density at radius 1 is 1.32 bits per heavy atom. The molecule has 1 amide bonds. The summed E-state index contributed by atoms with van der Waals surface area (Å²) >= 11 is 1.53. The van der Waals surface area contributed by atoms with E-state index in [1.165, 1.54) is 16.9 Å². The first-order valence-electron chi connectivity index (χ1n) is 8.75. The van der Waals surface area contributed by atoms with Gasteiger partial charge in [0.15, 0.2) is 6.61 Å². The van der Waals surface area contributed by atoms with Crippen LogP contribution >= 0.6 is 11.3 Å². The SMILES string of the molecule is CC(C)c1ccc(OCC(=O)NCC(O)(c2cccs2)C2CC2)cc1. The number of carbonyl (C=O) groups is 1. The third-order valence-corrected chi connectivity index (χ3v) is 5.71. The minimum absolute atomic E-state index is 0.0494. The van der Waals surface area contributed by atoms with E-state index in [4.69, 9.17) is 4.74 Å². The van der Waals surface area contributed by atoms with E-state index in [2.05, 4.69) is 19.2 Å². The van der Waals surface area contributed by atoms with Crippen LogP contribution in [0.3, 0.4) is 0 Å². The van der Waals surface area contributed by atoms with Crippen molar-refractivity contribution < 1.29 is 14.6 Å². The lowest BCUT2D eigenvalue weighted by Gasteiger charge is -2.27. The van der Waals surface area contributed by atoms with Crippen molar-refractivity contribution in [2.24, 2.45) is 5.92 Å². The van der Waals surface area contributed by atoms with Gasteiger partial charge in [-0.3, -0.25) is 4.79 Å². The average Bonchev–Trinajstić information content (AvgIpc) is 3.33. The molecular weight excluding hydrogens is 334 g/mol. The Kier molecular flexibility index (Phi) is 5.45. The number of ether oxygens (including phenoxy) is 1. The Morgan fingerprint density at radius 2 is 2.04 bits per heavy atom. The molecule has 1 unspecified atom stereocenters. The molecule has 2 aromatic rings. The largest absolute Gasteiger partial charge is 0.484 e.